The third kappa shape index (κ3) is 4.33. The van der Waals surface area contributed by atoms with E-state index in [2.05, 4.69) is 20.3 Å². The SMILES string of the molecule is CN(C)c1cc(NC2CCN(c3ccnc(C(F)(F)F)c3)CC2)ncn1. The molecular weight excluding hydrogens is 345 g/mol. The average Bonchev–Trinajstić information content (AvgIpc) is 2.62. The van der Waals surface area contributed by atoms with Gasteiger partial charge in [0.15, 0.2) is 0 Å². The van der Waals surface area contributed by atoms with E-state index >= 15 is 0 Å². The monoisotopic (exact) mass is 366 g/mol. The van der Waals surface area contributed by atoms with Gasteiger partial charge >= 0.3 is 6.18 Å². The van der Waals surface area contributed by atoms with Crippen LogP contribution in [-0.4, -0.2) is 48.2 Å². The average molecular weight is 366 g/mol. The van der Waals surface area contributed by atoms with Crippen molar-refractivity contribution in [2.45, 2.75) is 25.1 Å². The Morgan fingerprint density at radius 2 is 1.85 bits per heavy atom. The van der Waals surface area contributed by atoms with Gasteiger partial charge in [-0.3, -0.25) is 4.98 Å². The van der Waals surface area contributed by atoms with E-state index in [-0.39, 0.29) is 6.04 Å². The molecule has 0 spiro atoms. The smallest absolute Gasteiger partial charge is 0.371 e. The van der Waals surface area contributed by atoms with E-state index in [1.165, 1.54) is 12.5 Å². The lowest BCUT2D eigenvalue weighted by atomic mass is 10.0. The van der Waals surface area contributed by atoms with Gasteiger partial charge in [0.1, 0.15) is 23.7 Å². The highest BCUT2D eigenvalue weighted by atomic mass is 19.4. The summed E-state index contributed by atoms with van der Waals surface area (Å²) in [7, 11) is 3.82. The summed E-state index contributed by atoms with van der Waals surface area (Å²) in [5.41, 5.74) is -0.296. The minimum Gasteiger partial charge on any atom is -0.371 e. The molecule has 0 aromatic carbocycles. The minimum atomic E-state index is -4.42. The Bertz CT molecular complexity index is 741. The Kier molecular flexibility index (Phi) is 5.15. The molecule has 6 nitrogen and oxygen atoms in total. The number of nitrogens with one attached hydrogen (secondary N) is 1. The third-order valence-corrected chi connectivity index (χ3v) is 4.36. The molecule has 140 valence electrons. The van der Waals surface area contributed by atoms with Crippen molar-refractivity contribution in [1.29, 1.82) is 0 Å². The summed E-state index contributed by atoms with van der Waals surface area (Å²) < 4.78 is 38.5. The molecule has 1 fully saturated rings. The number of pyridine rings is 1. The van der Waals surface area contributed by atoms with Crippen molar-refractivity contribution >= 4 is 17.3 Å². The van der Waals surface area contributed by atoms with Crippen molar-refractivity contribution in [3.8, 4) is 0 Å². The number of piperidine rings is 1. The van der Waals surface area contributed by atoms with Gasteiger partial charge in [-0.05, 0) is 25.0 Å². The first-order valence-corrected chi connectivity index (χ1v) is 8.37. The van der Waals surface area contributed by atoms with Gasteiger partial charge in [0.25, 0.3) is 0 Å². The highest BCUT2D eigenvalue weighted by Crippen LogP contribution is 2.30. The van der Waals surface area contributed by atoms with Gasteiger partial charge < -0.3 is 15.1 Å². The molecule has 1 N–H and O–H groups in total. The number of nitrogens with zero attached hydrogens (tertiary/aromatic N) is 5. The molecular formula is C17H21F3N6. The zero-order valence-electron chi connectivity index (χ0n) is 14.7. The van der Waals surface area contributed by atoms with Crippen molar-refractivity contribution in [2.75, 3.05) is 42.3 Å². The topological polar surface area (TPSA) is 57.2 Å². The molecule has 2 aromatic rings. The van der Waals surface area contributed by atoms with E-state index in [1.807, 2.05) is 30.0 Å². The number of rotatable bonds is 4. The number of hydrogen-bond acceptors (Lipinski definition) is 6. The van der Waals surface area contributed by atoms with Gasteiger partial charge in [-0.25, -0.2) is 9.97 Å². The molecule has 3 rings (SSSR count). The minimum absolute atomic E-state index is 0.222. The van der Waals surface area contributed by atoms with Crippen molar-refractivity contribution < 1.29 is 13.2 Å². The zero-order valence-corrected chi connectivity index (χ0v) is 14.7. The van der Waals surface area contributed by atoms with Crippen LogP contribution in [0.2, 0.25) is 0 Å². The summed E-state index contributed by atoms with van der Waals surface area (Å²) in [5, 5.41) is 3.39. The molecule has 3 heterocycles. The molecule has 1 aliphatic heterocycles. The van der Waals surface area contributed by atoms with Gasteiger partial charge in [0.05, 0.1) is 0 Å². The molecule has 0 unspecified atom stereocenters. The molecule has 9 heteroatoms. The van der Waals surface area contributed by atoms with Crippen molar-refractivity contribution in [3.05, 3.63) is 36.4 Å². The van der Waals surface area contributed by atoms with Crippen molar-refractivity contribution in [1.82, 2.24) is 15.0 Å². The summed E-state index contributed by atoms with van der Waals surface area (Å²) >= 11 is 0. The van der Waals surface area contributed by atoms with E-state index in [1.54, 1.807) is 6.07 Å². The summed E-state index contributed by atoms with van der Waals surface area (Å²) in [6.07, 6.45) is -0.0718. The highest BCUT2D eigenvalue weighted by Gasteiger charge is 2.33. The Morgan fingerprint density at radius 1 is 1.12 bits per heavy atom. The Balaban J connectivity index is 1.60. The Morgan fingerprint density at radius 3 is 2.50 bits per heavy atom. The Hall–Kier alpha value is -2.58. The van der Waals surface area contributed by atoms with Crippen LogP contribution < -0.4 is 15.1 Å². The quantitative estimate of drug-likeness (QED) is 0.898. The normalized spacial score (nSPS) is 15.8. The van der Waals surface area contributed by atoms with Gasteiger partial charge in [0, 0.05) is 51.2 Å². The number of halogens is 3. The van der Waals surface area contributed by atoms with Crippen LogP contribution in [0.5, 0.6) is 0 Å². The second-order valence-corrected chi connectivity index (χ2v) is 6.46. The molecule has 1 saturated heterocycles. The number of alkyl halides is 3. The lowest BCUT2D eigenvalue weighted by molar-refractivity contribution is -0.141. The summed E-state index contributed by atoms with van der Waals surface area (Å²) in [5.74, 6) is 1.57. The van der Waals surface area contributed by atoms with Crippen LogP contribution in [0, 0.1) is 0 Å². The van der Waals surface area contributed by atoms with E-state index in [0.717, 1.165) is 30.5 Å². The van der Waals surface area contributed by atoms with Crippen LogP contribution in [-0.2, 0) is 6.18 Å². The van der Waals surface area contributed by atoms with Crippen LogP contribution in [0.4, 0.5) is 30.5 Å². The van der Waals surface area contributed by atoms with E-state index in [4.69, 9.17) is 0 Å². The molecule has 0 bridgehead atoms. The first-order chi connectivity index (χ1) is 12.3. The van der Waals surface area contributed by atoms with Crippen LogP contribution in [0.1, 0.15) is 18.5 Å². The van der Waals surface area contributed by atoms with E-state index in [0.29, 0.717) is 18.8 Å². The van der Waals surface area contributed by atoms with Crippen LogP contribution in [0.3, 0.4) is 0 Å². The van der Waals surface area contributed by atoms with Gasteiger partial charge in [-0.15, -0.1) is 0 Å². The van der Waals surface area contributed by atoms with Crippen LogP contribution in [0.15, 0.2) is 30.7 Å². The third-order valence-electron chi connectivity index (χ3n) is 4.36. The molecule has 26 heavy (non-hydrogen) atoms. The summed E-state index contributed by atoms with van der Waals surface area (Å²) in [6.45, 7) is 1.34. The predicted octanol–water partition coefficient (Wildman–Crippen LogP) is 3.04. The molecule has 0 amide bonds. The fraction of sp³-hybridized carbons (Fsp3) is 0.471. The number of anilines is 3. The maximum absolute atomic E-state index is 12.8. The first kappa shape index (κ1) is 18.2. The molecule has 2 aromatic heterocycles. The predicted molar refractivity (Wildman–Crippen MR) is 94.5 cm³/mol. The van der Waals surface area contributed by atoms with Gasteiger partial charge in [0.2, 0.25) is 0 Å². The fourth-order valence-corrected chi connectivity index (χ4v) is 2.93. The maximum atomic E-state index is 12.8. The number of hydrogen-bond donors (Lipinski definition) is 1. The summed E-state index contributed by atoms with van der Waals surface area (Å²) in [4.78, 5) is 15.7. The second kappa shape index (κ2) is 7.35. The van der Waals surface area contributed by atoms with Gasteiger partial charge in [-0.2, -0.15) is 13.2 Å². The lowest BCUT2D eigenvalue weighted by Gasteiger charge is -2.34. The first-order valence-electron chi connectivity index (χ1n) is 8.37. The molecule has 1 aliphatic rings. The van der Waals surface area contributed by atoms with Crippen LogP contribution in [0.25, 0.3) is 0 Å². The van der Waals surface area contributed by atoms with E-state index < -0.39 is 11.9 Å². The zero-order chi connectivity index (χ0) is 18.7. The highest BCUT2D eigenvalue weighted by molar-refractivity contribution is 5.49. The molecule has 0 saturated carbocycles. The lowest BCUT2D eigenvalue weighted by Crippen LogP contribution is -2.39. The largest absolute Gasteiger partial charge is 0.433 e. The molecule has 0 atom stereocenters. The Labute approximate surface area is 150 Å². The second-order valence-electron chi connectivity index (χ2n) is 6.46. The molecule has 0 aliphatic carbocycles. The number of aromatic nitrogens is 3. The van der Waals surface area contributed by atoms with Crippen molar-refractivity contribution in [2.24, 2.45) is 0 Å². The van der Waals surface area contributed by atoms with Gasteiger partial charge in [-0.1, -0.05) is 0 Å². The maximum Gasteiger partial charge on any atom is 0.433 e. The standard InChI is InChI=1S/C17H21F3N6/c1-25(2)16-10-15(22-11-23-16)24-12-4-7-26(8-5-12)13-3-6-21-14(9-13)17(18,19)20/h3,6,9-12H,4-5,7-8H2,1-2H3,(H,22,23,24). The summed E-state index contributed by atoms with van der Waals surface area (Å²) in [6, 6.07) is 4.84. The van der Waals surface area contributed by atoms with Crippen molar-refractivity contribution in [3.63, 3.8) is 0 Å². The fourth-order valence-electron chi connectivity index (χ4n) is 2.93. The molecule has 0 radical (unpaired) electrons. The van der Waals surface area contributed by atoms with E-state index in [9.17, 15) is 13.2 Å². The van der Waals surface area contributed by atoms with Crippen LogP contribution >= 0.6 is 0 Å².